The van der Waals surface area contributed by atoms with Gasteiger partial charge in [0.25, 0.3) is 5.91 Å². The summed E-state index contributed by atoms with van der Waals surface area (Å²) in [6, 6.07) is 2.34. The predicted octanol–water partition coefficient (Wildman–Crippen LogP) is 3.66. The molecule has 0 radical (unpaired) electrons. The molecule has 0 atom stereocenters. The van der Waals surface area contributed by atoms with Crippen molar-refractivity contribution in [2.75, 3.05) is 5.32 Å². The number of hydrogen-bond donors (Lipinski definition) is 2. The van der Waals surface area contributed by atoms with E-state index in [0.717, 1.165) is 17.8 Å². The van der Waals surface area contributed by atoms with Crippen LogP contribution in [0.15, 0.2) is 17.0 Å². The van der Waals surface area contributed by atoms with Crippen LogP contribution in [0.2, 0.25) is 10.0 Å². The zero-order valence-corrected chi connectivity index (χ0v) is 17.1. The van der Waals surface area contributed by atoms with Crippen molar-refractivity contribution in [3.8, 4) is 0 Å². The standard InChI is InChI=1S/C15H16Cl2N4O3S2/c1-7(2)14-19-20-15(25-14)18-13(22)9-5-12(11(17)6-10(9)16)26(23,24)21-8-3-4-8/h5-8,21H,3-4H2,1-2H3,(H,18,20,22). The second kappa shape index (κ2) is 7.40. The molecule has 3 rings (SSSR count). The highest BCUT2D eigenvalue weighted by atomic mass is 35.5. The Kier molecular flexibility index (Phi) is 5.55. The Morgan fingerprint density at radius 3 is 2.50 bits per heavy atom. The first-order valence-corrected chi connectivity index (χ1v) is 10.9. The average molecular weight is 435 g/mol. The third-order valence-corrected chi connectivity index (χ3v) is 7.05. The summed E-state index contributed by atoms with van der Waals surface area (Å²) >= 11 is 13.4. The van der Waals surface area contributed by atoms with Crippen LogP contribution in [0.3, 0.4) is 0 Å². The Hall–Kier alpha value is -1.26. The number of benzene rings is 1. The normalized spacial score (nSPS) is 14.7. The summed E-state index contributed by atoms with van der Waals surface area (Å²) in [6.45, 7) is 3.93. The third-order valence-electron chi connectivity index (χ3n) is 3.61. The van der Waals surface area contributed by atoms with Crippen molar-refractivity contribution in [3.63, 3.8) is 0 Å². The topological polar surface area (TPSA) is 101 Å². The number of sulfonamides is 1. The molecule has 1 aliphatic carbocycles. The first-order valence-electron chi connectivity index (χ1n) is 7.83. The van der Waals surface area contributed by atoms with E-state index in [-0.39, 0.29) is 32.5 Å². The fourth-order valence-corrected chi connectivity index (χ4v) is 4.98. The van der Waals surface area contributed by atoms with Gasteiger partial charge in [-0.05, 0) is 25.0 Å². The van der Waals surface area contributed by atoms with E-state index in [2.05, 4.69) is 20.2 Å². The van der Waals surface area contributed by atoms with Gasteiger partial charge in [-0.2, -0.15) is 0 Å². The molecule has 1 aromatic heterocycles. The Morgan fingerprint density at radius 2 is 1.92 bits per heavy atom. The van der Waals surface area contributed by atoms with Gasteiger partial charge in [-0.25, -0.2) is 13.1 Å². The lowest BCUT2D eigenvalue weighted by molar-refractivity contribution is 0.102. The van der Waals surface area contributed by atoms with Gasteiger partial charge in [-0.15, -0.1) is 10.2 Å². The molecule has 26 heavy (non-hydrogen) atoms. The lowest BCUT2D eigenvalue weighted by Gasteiger charge is -2.11. The molecule has 0 spiro atoms. The van der Waals surface area contributed by atoms with Gasteiger partial charge in [-0.1, -0.05) is 48.4 Å². The lowest BCUT2D eigenvalue weighted by Crippen LogP contribution is -2.26. The smallest absolute Gasteiger partial charge is 0.259 e. The monoisotopic (exact) mass is 434 g/mol. The lowest BCUT2D eigenvalue weighted by atomic mass is 10.2. The van der Waals surface area contributed by atoms with Crippen LogP contribution in [-0.4, -0.2) is 30.6 Å². The van der Waals surface area contributed by atoms with Crippen LogP contribution in [0.25, 0.3) is 0 Å². The molecule has 1 heterocycles. The van der Waals surface area contributed by atoms with E-state index in [4.69, 9.17) is 23.2 Å². The highest BCUT2D eigenvalue weighted by Crippen LogP contribution is 2.31. The van der Waals surface area contributed by atoms with Crippen molar-refractivity contribution in [1.29, 1.82) is 0 Å². The Morgan fingerprint density at radius 1 is 1.23 bits per heavy atom. The molecular weight excluding hydrogens is 419 g/mol. The molecule has 7 nitrogen and oxygen atoms in total. The minimum atomic E-state index is -3.83. The number of nitrogens with one attached hydrogen (secondary N) is 2. The van der Waals surface area contributed by atoms with Gasteiger partial charge in [0.2, 0.25) is 15.2 Å². The highest BCUT2D eigenvalue weighted by Gasteiger charge is 2.30. The van der Waals surface area contributed by atoms with E-state index in [0.29, 0.717) is 5.13 Å². The predicted molar refractivity (Wildman–Crippen MR) is 102 cm³/mol. The van der Waals surface area contributed by atoms with Crippen molar-refractivity contribution < 1.29 is 13.2 Å². The SMILES string of the molecule is CC(C)c1nnc(NC(=O)c2cc(S(=O)(=O)NC3CC3)c(Cl)cc2Cl)s1. The molecular formula is C15H16Cl2N4O3S2. The maximum atomic E-state index is 12.5. The molecule has 0 bridgehead atoms. The van der Waals surface area contributed by atoms with Crippen molar-refractivity contribution in [1.82, 2.24) is 14.9 Å². The van der Waals surface area contributed by atoms with Gasteiger partial charge in [0, 0.05) is 12.0 Å². The third kappa shape index (κ3) is 4.34. The molecule has 140 valence electrons. The number of carbonyl (C=O) groups excluding carboxylic acids is 1. The van der Waals surface area contributed by atoms with Crippen LogP contribution in [0.1, 0.15) is 48.0 Å². The number of rotatable bonds is 6. The Bertz CT molecular complexity index is 956. The molecule has 1 saturated carbocycles. The van der Waals surface area contributed by atoms with Crippen LogP contribution < -0.4 is 10.0 Å². The zero-order valence-electron chi connectivity index (χ0n) is 13.9. The van der Waals surface area contributed by atoms with Crippen LogP contribution in [-0.2, 0) is 10.0 Å². The summed E-state index contributed by atoms with van der Waals surface area (Å²) < 4.78 is 27.4. The van der Waals surface area contributed by atoms with Crippen LogP contribution >= 0.6 is 34.5 Å². The number of hydrogen-bond acceptors (Lipinski definition) is 6. The van der Waals surface area contributed by atoms with Crippen molar-refractivity contribution >= 4 is 55.6 Å². The molecule has 1 fully saturated rings. The van der Waals surface area contributed by atoms with Gasteiger partial charge in [0.1, 0.15) is 9.90 Å². The number of anilines is 1. The minimum absolute atomic E-state index is 0.00599. The summed E-state index contributed by atoms with van der Waals surface area (Å²) in [6.07, 6.45) is 1.57. The maximum absolute atomic E-state index is 12.5. The summed E-state index contributed by atoms with van der Waals surface area (Å²) in [4.78, 5) is 12.3. The largest absolute Gasteiger partial charge is 0.296 e. The molecule has 1 aromatic carbocycles. The van der Waals surface area contributed by atoms with E-state index < -0.39 is 15.9 Å². The Balaban J connectivity index is 1.88. The van der Waals surface area contributed by atoms with Gasteiger partial charge in [0.15, 0.2) is 0 Å². The Labute approximate surface area is 165 Å². The van der Waals surface area contributed by atoms with E-state index in [1.165, 1.54) is 23.5 Å². The first kappa shape index (κ1) is 19.5. The fourth-order valence-electron chi connectivity index (χ4n) is 2.08. The minimum Gasteiger partial charge on any atom is -0.296 e. The summed E-state index contributed by atoms with van der Waals surface area (Å²) in [5.41, 5.74) is -0.00599. The first-order chi connectivity index (χ1) is 12.2. The van der Waals surface area contributed by atoms with E-state index in [9.17, 15) is 13.2 Å². The molecule has 0 unspecified atom stereocenters. The molecule has 2 aromatic rings. The second-order valence-electron chi connectivity index (χ2n) is 6.21. The fraction of sp³-hybridized carbons (Fsp3) is 0.400. The number of amides is 1. The molecule has 1 amide bonds. The molecule has 0 aliphatic heterocycles. The second-order valence-corrected chi connectivity index (χ2v) is 9.72. The quantitative estimate of drug-likeness (QED) is 0.721. The molecule has 2 N–H and O–H groups in total. The summed E-state index contributed by atoms with van der Waals surface area (Å²) in [7, 11) is -3.83. The van der Waals surface area contributed by atoms with Gasteiger partial charge in [0.05, 0.1) is 15.6 Å². The summed E-state index contributed by atoms with van der Waals surface area (Å²) in [5, 5.41) is 11.6. The van der Waals surface area contributed by atoms with Gasteiger partial charge < -0.3 is 0 Å². The zero-order chi connectivity index (χ0) is 19.1. The van der Waals surface area contributed by atoms with E-state index in [1.54, 1.807) is 0 Å². The van der Waals surface area contributed by atoms with Crippen LogP contribution in [0.4, 0.5) is 5.13 Å². The number of aromatic nitrogens is 2. The molecule has 0 saturated heterocycles. The van der Waals surface area contributed by atoms with Crippen LogP contribution in [0, 0.1) is 0 Å². The van der Waals surface area contributed by atoms with Gasteiger partial charge >= 0.3 is 0 Å². The van der Waals surface area contributed by atoms with Crippen molar-refractivity contribution in [2.24, 2.45) is 0 Å². The average Bonchev–Trinajstić information content (AvgIpc) is 3.20. The van der Waals surface area contributed by atoms with Gasteiger partial charge in [-0.3, -0.25) is 10.1 Å². The van der Waals surface area contributed by atoms with E-state index >= 15 is 0 Å². The molecule has 1 aliphatic rings. The number of carbonyl (C=O) groups is 1. The number of halogens is 2. The van der Waals surface area contributed by atoms with Crippen molar-refractivity contribution in [3.05, 3.63) is 32.7 Å². The summed E-state index contributed by atoms with van der Waals surface area (Å²) in [5.74, 6) is -0.400. The number of nitrogens with zero attached hydrogens (tertiary/aromatic N) is 2. The molecule has 11 heteroatoms. The maximum Gasteiger partial charge on any atom is 0.259 e. The van der Waals surface area contributed by atoms with E-state index in [1.807, 2.05) is 13.8 Å². The highest BCUT2D eigenvalue weighted by molar-refractivity contribution is 7.89. The van der Waals surface area contributed by atoms with Crippen LogP contribution in [0.5, 0.6) is 0 Å². The van der Waals surface area contributed by atoms with Crippen molar-refractivity contribution in [2.45, 2.75) is 43.5 Å².